The number of hydrogen-bond donors (Lipinski definition) is 3. The van der Waals surface area contributed by atoms with Crippen molar-refractivity contribution in [2.45, 2.75) is 180 Å². The fourth-order valence-electron chi connectivity index (χ4n) is 5.24. The minimum atomic E-state index is -4.73. The molecule has 11 nitrogen and oxygen atoms in total. The molecule has 0 aliphatic heterocycles. The van der Waals surface area contributed by atoms with E-state index in [0.29, 0.717) is 12.8 Å². The van der Waals surface area contributed by atoms with Crippen molar-refractivity contribution in [2.24, 2.45) is 5.73 Å². The average Bonchev–Trinajstić information content (AvgIpc) is 3.14. The number of carboxylic acids is 1. The van der Waals surface area contributed by atoms with Gasteiger partial charge in [-0.05, 0) is 77.0 Å². The molecule has 54 heavy (non-hydrogen) atoms. The highest BCUT2D eigenvalue weighted by Gasteiger charge is 2.28. The summed E-state index contributed by atoms with van der Waals surface area (Å²) in [6, 6.07) is -1.53. The van der Waals surface area contributed by atoms with Crippen LogP contribution in [0, 0.1) is 0 Å². The lowest BCUT2D eigenvalue weighted by molar-refractivity contribution is -0.161. The second-order valence-corrected chi connectivity index (χ2v) is 15.2. The number of esters is 2. The Morgan fingerprint density at radius 2 is 0.981 bits per heavy atom. The SMILES string of the molecule is CCCCC/C=C/C/C=C/CCCCCCCC(=O)OC[C@H](COP(=O)(O)OC[C@H](N)C(=O)O)OC(=O)CCCC/C=C/C/C=C/CCCCCCCC. The van der Waals surface area contributed by atoms with E-state index in [9.17, 15) is 23.8 Å². The number of nitrogens with two attached hydrogens (primary N) is 1. The van der Waals surface area contributed by atoms with Crippen molar-refractivity contribution in [1.82, 2.24) is 0 Å². The third kappa shape index (κ3) is 36.4. The fraction of sp³-hybridized carbons (Fsp3) is 0.738. The summed E-state index contributed by atoms with van der Waals surface area (Å²) in [5.41, 5.74) is 5.32. The number of aliphatic carboxylic acids is 1. The van der Waals surface area contributed by atoms with Crippen LogP contribution in [0.25, 0.3) is 0 Å². The lowest BCUT2D eigenvalue weighted by atomic mass is 10.1. The highest BCUT2D eigenvalue weighted by Crippen LogP contribution is 2.43. The highest BCUT2D eigenvalue weighted by molar-refractivity contribution is 7.47. The van der Waals surface area contributed by atoms with E-state index in [1.807, 2.05) is 0 Å². The largest absolute Gasteiger partial charge is 0.480 e. The standard InChI is InChI=1S/C42H74NO10P/c1-3-5-7-9-11-13-15-17-19-21-23-25-27-29-31-33-40(44)50-35-38(36-51-54(48,49)52-37-39(43)42(46)47)53-41(45)34-32-30-28-26-24-22-20-18-16-14-12-10-8-6-4-2/h11,13,17-20,24,26,38-39H,3-10,12,14-16,21-23,25,27-37,43H2,1-2H3,(H,46,47)(H,48,49)/b13-11+,19-17+,20-18+,26-24+/t38-,39+/m1/s1. The van der Waals surface area contributed by atoms with Gasteiger partial charge in [0.15, 0.2) is 6.10 Å². The summed E-state index contributed by atoms with van der Waals surface area (Å²) in [4.78, 5) is 45.8. The van der Waals surface area contributed by atoms with Crippen molar-refractivity contribution in [2.75, 3.05) is 19.8 Å². The monoisotopic (exact) mass is 784 g/mol. The van der Waals surface area contributed by atoms with Gasteiger partial charge in [-0.15, -0.1) is 0 Å². The molecular weight excluding hydrogens is 709 g/mol. The number of carboxylic acid groups (broad SMARTS) is 1. The molecule has 0 heterocycles. The van der Waals surface area contributed by atoms with Gasteiger partial charge < -0.3 is 25.2 Å². The Labute approximate surface area is 326 Å². The van der Waals surface area contributed by atoms with Crippen LogP contribution in [-0.4, -0.2) is 59.9 Å². The summed E-state index contributed by atoms with van der Waals surface area (Å²) in [6.07, 6.45) is 40.4. The number of phosphoric ester groups is 1. The van der Waals surface area contributed by atoms with Crippen molar-refractivity contribution < 1.29 is 47.5 Å². The molecule has 0 fully saturated rings. The predicted molar refractivity (Wildman–Crippen MR) is 217 cm³/mol. The van der Waals surface area contributed by atoms with Gasteiger partial charge in [0.2, 0.25) is 0 Å². The van der Waals surface area contributed by atoms with Crippen LogP contribution in [-0.2, 0) is 37.5 Å². The van der Waals surface area contributed by atoms with E-state index in [1.165, 1.54) is 57.8 Å². The second-order valence-electron chi connectivity index (χ2n) is 13.8. The van der Waals surface area contributed by atoms with Crippen molar-refractivity contribution in [3.05, 3.63) is 48.6 Å². The summed E-state index contributed by atoms with van der Waals surface area (Å²) in [5.74, 6) is -2.44. The number of rotatable bonds is 38. The molecular formula is C42H74NO10P. The first kappa shape index (κ1) is 51.4. The summed E-state index contributed by atoms with van der Waals surface area (Å²) in [7, 11) is -4.73. The lowest BCUT2D eigenvalue weighted by Crippen LogP contribution is -2.34. The van der Waals surface area contributed by atoms with Crippen LogP contribution in [0.3, 0.4) is 0 Å². The van der Waals surface area contributed by atoms with Crippen molar-refractivity contribution >= 4 is 25.7 Å². The maximum atomic E-state index is 12.6. The smallest absolute Gasteiger partial charge is 0.472 e. The lowest BCUT2D eigenvalue weighted by Gasteiger charge is -2.20. The van der Waals surface area contributed by atoms with E-state index >= 15 is 0 Å². The van der Waals surface area contributed by atoms with Gasteiger partial charge >= 0.3 is 25.7 Å². The molecule has 0 aromatic carbocycles. The Balaban J connectivity index is 4.48. The highest BCUT2D eigenvalue weighted by atomic mass is 31.2. The fourth-order valence-corrected chi connectivity index (χ4v) is 6.02. The molecule has 0 aliphatic rings. The molecule has 0 rings (SSSR count). The zero-order valence-electron chi connectivity index (χ0n) is 33.6. The summed E-state index contributed by atoms with van der Waals surface area (Å²) < 4.78 is 32.6. The molecule has 4 N–H and O–H groups in total. The van der Waals surface area contributed by atoms with E-state index in [2.05, 4.69) is 67.0 Å². The van der Waals surface area contributed by atoms with Crippen LogP contribution in [0.2, 0.25) is 0 Å². The molecule has 0 radical (unpaired) electrons. The minimum absolute atomic E-state index is 0.114. The topological polar surface area (TPSA) is 172 Å². The Hall–Kier alpha value is -2.56. The molecule has 0 amide bonds. The van der Waals surface area contributed by atoms with Crippen LogP contribution in [0.1, 0.15) is 168 Å². The number of unbranched alkanes of at least 4 members (excludes halogenated alkanes) is 16. The predicted octanol–water partition coefficient (Wildman–Crippen LogP) is 10.6. The number of phosphoric acid groups is 1. The van der Waals surface area contributed by atoms with Gasteiger partial charge in [-0.3, -0.25) is 23.4 Å². The van der Waals surface area contributed by atoms with Crippen LogP contribution >= 0.6 is 7.82 Å². The van der Waals surface area contributed by atoms with Crippen LogP contribution in [0.15, 0.2) is 48.6 Å². The Bertz CT molecular complexity index is 1110. The molecule has 312 valence electrons. The first-order valence-electron chi connectivity index (χ1n) is 20.7. The molecule has 0 aromatic heterocycles. The van der Waals surface area contributed by atoms with E-state index in [-0.39, 0.29) is 19.4 Å². The summed E-state index contributed by atoms with van der Waals surface area (Å²) >= 11 is 0. The number of carbonyl (C=O) groups is 3. The van der Waals surface area contributed by atoms with E-state index in [0.717, 1.165) is 70.6 Å². The summed E-state index contributed by atoms with van der Waals surface area (Å²) in [5, 5.41) is 8.87. The first-order chi connectivity index (χ1) is 26.1. The van der Waals surface area contributed by atoms with E-state index in [1.54, 1.807) is 0 Å². The number of ether oxygens (including phenoxy) is 2. The molecule has 3 atom stereocenters. The first-order valence-corrected chi connectivity index (χ1v) is 22.2. The zero-order chi connectivity index (χ0) is 40.0. The Kier molecular flexibility index (Phi) is 35.6. The third-order valence-corrected chi connectivity index (χ3v) is 9.50. The van der Waals surface area contributed by atoms with Crippen molar-refractivity contribution in [1.29, 1.82) is 0 Å². The summed E-state index contributed by atoms with van der Waals surface area (Å²) in [6.45, 7) is 2.71. The maximum Gasteiger partial charge on any atom is 0.472 e. The van der Waals surface area contributed by atoms with Crippen LogP contribution < -0.4 is 5.73 Å². The quantitative estimate of drug-likeness (QED) is 0.0235. The van der Waals surface area contributed by atoms with E-state index < -0.39 is 51.1 Å². The van der Waals surface area contributed by atoms with Gasteiger partial charge in [0, 0.05) is 12.8 Å². The normalized spacial score (nSPS) is 14.3. The van der Waals surface area contributed by atoms with Gasteiger partial charge in [-0.1, -0.05) is 127 Å². The number of carbonyl (C=O) groups excluding carboxylic acids is 2. The number of allylic oxidation sites excluding steroid dienone is 8. The molecule has 0 saturated carbocycles. The Morgan fingerprint density at radius 3 is 1.52 bits per heavy atom. The molecule has 0 bridgehead atoms. The molecule has 0 spiro atoms. The van der Waals surface area contributed by atoms with Gasteiger partial charge in [0.25, 0.3) is 0 Å². The Morgan fingerprint density at radius 1 is 0.574 bits per heavy atom. The van der Waals surface area contributed by atoms with Crippen molar-refractivity contribution in [3.8, 4) is 0 Å². The maximum absolute atomic E-state index is 12.6. The average molecular weight is 784 g/mol. The second kappa shape index (κ2) is 37.4. The van der Waals surface area contributed by atoms with Gasteiger partial charge in [0.1, 0.15) is 12.6 Å². The van der Waals surface area contributed by atoms with Gasteiger partial charge in [0.05, 0.1) is 13.2 Å². The van der Waals surface area contributed by atoms with Gasteiger partial charge in [-0.2, -0.15) is 0 Å². The van der Waals surface area contributed by atoms with Crippen molar-refractivity contribution in [3.63, 3.8) is 0 Å². The number of hydrogen-bond acceptors (Lipinski definition) is 9. The zero-order valence-corrected chi connectivity index (χ0v) is 34.4. The minimum Gasteiger partial charge on any atom is -0.480 e. The third-order valence-electron chi connectivity index (χ3n) is 8.55. The molecule has 1 unspecified atom stereocenters. The molecule has 0 aromatic rings. The van der Waals surface area contributed by atoms with E-state index in [4.69, 9.17) is 24.8 Å². The molecule has 0 aliphatic carbocycles. The van der Waals surface area contributed by atoms with Crippen LogP contribution in [0.4, 0.5) is 0 Å². The van der Waals surface area contributed by atoms with Crippen LogP contribution in [0.5, 0.6) is 0 Å². The molecule has 12 heteroatoms. The molecule has 0 saturated heterocycles. The van der Waals surface area contributed by atoms with Gasteiger partial charge in [-0.25, -0.2) is 4.57 Å².